The van der Waals surface area contributed by atoms with Crippen molar-refractivity contribution >= 4 is 15.8 Å². The van der Waals surface area contributed by atoms with Crippen LogP contribution < -0.4 is 5.14 Å². The molecule has 6 nitrogen and oxygen atoms in total. The normalized spacial score (nSPS) is 13.8. The molecule has 3 rings (SSSR count). The van der Waals surface area contributed by atoms with Gasteiger partial charge in [0.25, 0.3) is 0 Å². The molecule has 0 spiro atoms. The Hall–Kier alpha value is -2.74. The molecule has 0 aliphatic carbocycles. The molecule has 3 N–H and O–H groups in total. The first-order valence-electron chi connectivity index (χ1n) is 9.55. The second-order valence-corrected chi connectivity index (χ2v) is 9.42. The highest BCUT2D eigenvalue weighted by Crippen LogP contribution is 2.29. The standard InChI is InChI=1S/C23H26N2O4S/c1-16-9-11-18(12-10-16)22(26)21-17(2)13-20(25(21)3)14-23(27,15-30(24,28)29)19-7-5-4-6-8-19/h4-13,27H,14-15H2,1-3H3,(H2,24,28,29). The van der Waals surface area contributed by atoms with E-state index in [1.165, 1.54) is 0 Å². The lowest BCUT2D eigenvalue weighted by Gasteiger charge is -2.28. The van der Waals surface area contributed by atoms with Gasteiger partial charge in [-0.15, -0.1) is 0 Å². The second-order valence-electron chi connectivity index (χ2n) is 7.80. The van der Waals surface area contributed by atoms with Crippen LogP contribution in [0.3, 0.4) is 0 Å². The number of benzene rings is 2. The monoisotopic (exact) mass is 426 g/mol. The summed E-state index contributed by atoms with van der Waals surface area (Å²) in [5, 5.41) is 16.6. The van der Waals surface area contributed by atoms with Gasteiger partial charge < -0.3 is 9.67 Å². The van der Waals surface area contributed by atoms with E-state index >= 15 is 0 Å². The number of aryl methyl sites for hydroxylation is 2. The molecule has 2 aromatic carbocycles. The average molecular weight is 427 g/mol. The van der Waals surface area contributed by atoms with Crippen molar-refractivity contribution in [1.82, 2.24) is 4.57 Å². The third kappa shape index (κ3) is 4.70. The van der Waals surface area contributed by atoms with E-state index in [0.717, 1.165) is 11.1 Å². The zero-order chi connectivity index (χ0) is 22.1. The van der Waals surface area contributed by atoms with Crippen LogP contribution in [0.15, 0.2) is 60.7 Å². The molecular weight excluding hydrogens is 400 g/mol. The van der Waals surface area contributed by atoms with Crippen LogP contribution >= 0.6 is 0 Å². The van der Waals surface area contributed by atoms with Crippen LogP contribution in [0.4, 0.5) is 0 Å². The summed E-state index contributed by atoms with van der Waals surface area (Å²) in [5.74, 6) is -0.758. The fourth-order valence-corrected chi connectivity index (χ4v) is 4.72. The Balaban J connectivity index is 2.02. The van der Waals surface area contributed by atoms with Gasteiger partial charge in [-0.25, -0.2) is 13.6 Å². The van der Waals surface area contributed by atoms with Gasteiger partial charge in [0.1, 0.15) is 5.60 Å². The van der Waals surface area contributed by atoms with Crippen LogP contribution in [0.2, 0.25) is 0 Å². The van der Waals surface area contributed by atoms with Crippen molar-refractivity contribution in [3.63, 3.8) is 0 Å². The summed E-state index contributed by atoms with van der Waals surface area (Å²) in [6, 6.07) is 17.7. The van der Waals surface area contributed by atoms with E-state index in [4.69, 9.17) is 5.14 Å². The lowest BCUT2D eigenvalue weighted by atomic mass is 9.91. The number of sulfonamides is 1. The van der Waals surface area contributed by atoms with Gasteiger partial charge in [0.05, 0.1) is 11.4 Å². The van der Waals surface area contributed by atoms with Crippen molar-refractivity contribution in [2.75, 3.05) is 5.75 Å². The maximum atomic E-state index is 13.1. The highest BCUT2D eigenvalue weighted by Gasteiger charge is 2.35. The number of aromatic nitrogens is 1. The Bertz CT molecular complexity index is 1170. The molecule has 1 unspecified atom stereocenters. The van der Waals surface area contributed by atoms with E-state index in [-0.39, 0.29) is 12.2 Å². The van der Waals surface area contributed by atoms with E-state index in [1.807, 2.05) is 26.0 Å². The fraction of sp³-hybridized carbons (Fsp3) is 0.261. The van der Waals surface area contributed by atoms with Crippen LogP contribution in [-0.4, -0.2) is 29.6 Å². The molecule has 1 heterocycles. The number of rotatable bonds is 7. The van der Waals surface area contributed by atoms with Gasteiger partial charge in [0.2, 0.25) is 15.8 Å². The summed E-state index contributed by atoms with van der Waals surface area (Å²) in [6.45, 7) is 3.78. The first-order valence-corrected chi connectivity index (χ1v) is 11.3. The third-order valence-electron chi connectivity index (χ3n) is 5.28. The van der Waals surface area contributed by atoms with Crippen molar-refractivity contribution in [3.8, 4) is 0 Å². The summed E-state index contributed by atoms with van der Waals surface area (Å²) < 4.78 is 25.4. The van der Waals surface area contributed by atoms with Crippen LogP contribution in [0.1, 0.15) is 38.4 Å². The summed E-state index contributed by atoms with van der Waals surface area (Å²) in [7, 11) is -2.21. The van der Waals surface area contributed by atoms with Gasteiger partial charge in [-0.05, 0) is 31.0 Å². The predicted octanol–water partition coefficient (Wildman–Crippen LogP) is 2.59. The van der Waals surface area contributed by atoms with E-state index in [0.29, 0.717) is 22.5 Å². The second kappa shape index (κ2) is 8.18. The average Bonchev–Trinajstić information content (AvgIpc) is 2.94. The largest absolute Gasteiger partial charge is 0.384 e. The molecule has 7 heteroatoms. The van der Waals surface area contributed by atoms with Gasteiger partial charge in [-0.3, -0.25) is 4.79 Å². The van der Waals surface area contributed by atoms with Gasteiger partial charge >= 0.3 is 0 Å². The Labute approximate surface area is 177 Å². The minimum absolute atomic E-state index is 0.00798. The number of nitrogens with two attached hydrogens (primary N) is 1. The molecule has 0 radical (unpaired) electrons. The molecule has 3 aromatic rings. The molecule has 30 heavy (non-hydrogen) atoms. The molecule has 0 saturated carbocycles. The lowest BCUT2D eigenvalue weighted by molar-refractivity contribution is 0.0592. The summed E-state index contributed by atoms with van der Waals surface area (Å²) in [6.07, 6.45) is -0.00798. The van der Waals surface area contributed by atoms with Crippen LogP contribution in [0, 0.1) is 13.8 Å². The number of nitrogens with zero attached hydrogens (tertiary/aromatic N) is 1. The summed E-state index contributed by atoms with van der Waals surface area (Å²) >= 11 is 0. The first kappa shape index (κ1) is 22.0. The van der Waals surface area contributed by atoms with Crippen molar-refractivity contribution in [1.29, 1.82) is 0 Å². The van der Waals surface area contributed by atoms with E-state index in [1.54, 1.807) is 60.1 Å². The van der Waals surface area contributed by atoms with Gasteiger partial charge in [0, 0.05) is 24.7 Å². The number of aliphatic hydroxyl groups is 1. The minimum Gasteiger partial charge on any atom is -0.384 e. The van der Waals surface area contributed by atoms with Gasteiger partial charge in [0.15, 0.2) is 0 Å². The number of hydrogen-bond donors (Lipinski definition) is 2. The highest BCUT2D eigenvalue weighted by atomic mass is 32.2. The number of carbonyl (C=O) groups excluding carboxylic acids is 1. The first-order chi connectivity index (χ1) is 14.0. The number of ketones is 1. The summed E-state index contributed by atoms with van der Waals surface area (Å²) in [4.78, 5) is 13.1. The lowest BCUT2D eigenvalue weighted by Crippen LogP contribution is -2.39. The van der Waals surface area contributed by atoms with Crippen molar-refractivity contribution in [2.24, 2.45) is 12.2 Å². The number of hydrogen-bond acceptors (Lipinski definition) is 4. The molecule has 0 bridgehead atoms. The topological polar surface area (TPSA) is 102 Å². The Morgan fingerprint density at radius 2 is 1.67 bits per heavy atom. The smallest absolute Gasteiger partial charge is 0.212 e. The van der Waals surface area contributed by atoms with Crippen LogP contribution in [0.25, 0.3) is 0 Å². The zero-order valence-corrected chi connectivity index (χ0v) is 18.1. The third-order valence-corrected chi connectivity index (χ3v) is 6.16. The maximum absolute atomic E-state index is 13.1. The Morgan fingerprint density at radius 3 is 2.23 bits per heavy atom. The molecular formula is C23H26N2O4S. The zero-order valence-electron chi connectivity index (χ0n) is 17.3. The minimum atomic E-state index is -3.96. The molecule has 1 aromatic heterocycles. The number of carbonyl (C=O) groups is 1. The van der Waals surface area contributed by atoms with Crippen molar-refractivity contribution in [3.05, 3.63) is 94.3 Å². The number of primary sulfonamides is 1. The van der Waals surface area contributed by atoms with Crippen molar-refractivity contribution in [2.45, 2.75) is 25.9 Å². The van der Waals surface area contributed by atoms with Crippen molar-refractivity contribution < 1.29 is 18.3 Å². The summed E-state index contributed by atoms with van der Waals surface area (Å²) in [5.41, 5.74) is 2.25. The van der Waals surface area contributed by atoms with Gasteiger partial charge in [-0.1, -0.05) is 60.2 Å². The quantitative estimate of drug-likeness (QED) is 0.567. The molecule has 158 valence electrons. The Kier molecular flexibility index (Phi) is 5.99. The SMILES string of the molecule is Cc1ccc(C(=O)c2c(C)cc(CC(O)(CS(N)(=O)=O)c3ccccc3)n2C)cc1. The molecule has 0 saturated heterocycles. The Morgan fingerprint density at radius 1 is 1.07 bits per heavy atom. The van der Waals surface area contributed by atoms with E-state index < -0.39 is 21.4 Å². The molecule has 0 amide bonds. The van der Waals surface area contributed by atoms with E-state index in [9.17, 15) is 18.3 Å². The van der Waals surface area contributed by atoms with Crippen LogP contribution in [0.5, 0.6) is 0 Å². The molecule has 1 atom stereocenters. The highest BCUT2D eigenvalue weighted by molar-refractivity contribution is 7.89. The molecule has 0 fully saturated rings. The van der Waals surface area contributed by atoms with E-state index in [2.05, 4.69) is 0 Å². The molecule has 0 aliphatic heterocycles. The predicted molar refractivity (Wildman–Crippen MR) is 117 cm³/mol. The van der Waals surface area contributed by atoms with Crippen LogP contribution in [-0.2, 0) is 29.1 Å². The van der Waals surface area contributed by atoms with Gasteiger partial charge in [-0.2, -0.15) is 0 Å². The maximum Gasteiger partial charge on any atom is 0.212 e. The fourth-order valence-electron chi connectivity index (χ4n) is 3.78. The molecule has 0 aliphatic rings.